The molecule has 2 rings (SSSR count). The summed E-state index contributed by atoms with van der Waals surface area (Å²) in [5.41, 5.74) is 6.95. The number of nitrogens with two attached hydrogens (primary N) is 1. The number of rotatable bonds is 4. The monoisotopic (exact) mass is 275 g/mol. The Kier molecular flexibility index (Phi) is 5.15. The molecule has 0 aromatic heterocycles. The summed E-state index contributed by atoms with van der Waals surface area (Å²) >= 11 is 0. The molecule has 0 aliphatic carbocycles. The van der Waals surface area contributed by atoms with Gasteiger partial charge < -0.3 is 15.5 Å². The van der Waals surface area contributed by atoms with Gasteiger partial charge in [0.25, 0.3) is 0 Å². The van der Waals surface area contributed by atoms with Crippen molar-refractivity contribution in [2.24, 2.45) is 11.7 Å². The first-order valence-corrected chi connectivity index (χ1v) is 7.32. The van der Waals surface area contributed by atoms with Crippen molar-refractivity contribution in [3.63, 3.8) is 0 Å². The number of likely N-dealkylation sites (tertiary alicyclic amines) is 1. The molecule has 1 aliphatic heterocycles. The third kappa shape index (κ3) is 3.81. The smallest absolute Gasteiger partial charge is 0.243 e. The molecular formula is C16H25N3O. The minimum absolute atomic E-state index is 0.00410. The zero-order chi connectivity index (χ0) is 14.5. The molecule has 4 nitrogen and oxygen atoms in total. The van der Waals surface area contributed by atoms with Crippen LogP contribution in [0.2, 0.25) is 0 Å². The number of carbonyl (C=O) groups excluding carboxylic acids is 1. The molecule has 1 heterocycles. The third-order valence-electron chi connectivity index (χ3n) is 4.06. The molecule has 110 valence electrons. The minimum atomic E-state index is -0.553. The molecule has 2 atom stereocenters. The van der Waals surface area contributed by atoms with E-state index in [-0.39, 0.29) is 5.91 Å². The topological polar surface area (TPSA) is 49.6 Å². The van der Waals surface area contributed by atoms with E-state index in [1.54, 1.807) is 4.90 Å². The van der Waals surface area contributed by atoms with E-state index in [0.29, 0.717) is 5.92 Å². The lowest BCUT2D eigenvalue weighted by Gasteiger charge is -2.33. The zero-order valence-electron chi connectivity index (χ0n) is 12.5. The van der Waals surface area contributed by atoms with Crippen molar-refractivity contribution < 1.29 is 4.79 Å². The Morgan fingerprint density at radius 1 is 1.45 bits per heavy atom. The molecule has 2 N–H and O–H groups in total. The van der Waals surface area contributed by atoms with E-state index in [0.717, 1.165) is 25.2 Å². The Morgan fingerprint density at radius 2 is 2.15 bits per heavy atom. The highest BCUT2D eigenvalue weighted by molar-refractivity contribution is 5.82. The SMILES string of the molecule is CN1CCC[C@H](CN(C)C(=O)[C@H](N)c2ccccc2)C1. The van der Waals surface area contributed by atoms with Gasteiger partial charge in [-0.25, -0.2) is 0 Å². The molecule has 1 aromatic carbocycles. The van der Waals surface area contributed by atoms with E-state index in [9.17, 15) is 4.79 Å². The second-order valence-corrected chi connectivity index (χ2v) is 5.88. The van der Waals surface area contributed by atoms with Gasteiger partial charge in [0.15, 0.2) is 0 Å². The summed E-state index contributed by atoms with van der Waals surface area (Å²) in [7, 11) is 4.00. The summed E-state index contributed by atoms with van der Waals surface area (Å²) in [5, 5.41) is 0. The normalized spacial score (nSPS) is 21.4. The van der Waals surface area contributed by atoms with Gasteiger partial charge in [-0.2, -0.15) is 0 Å². The summed E-state index contributed by atoms with van der Waals surface area (Å²) in [6, 6.07) is 9.03. The van der Waals surface area contributed by atoms with Crippen LogP contribution in [0.15, 0.2) is 30.3 Å². The van der Waals surface area contributed by atoms with Crippen molar-refractivity contribution in [3.05, 3.63) is 35.9 Å². The van der Waals surface area contributed by atoms with Gasteiger partial charge in [-0.15, -0.1) is 0 Å². The standard InChI is InChI=1S/C16H25N3O/c1-18-10-6-7-13(11-18)12-19(2)16(20)15(17)14-8-4-3-5-9-14/h3-5,8-9,13,15H,6-7,10-12,17H2,1-2H3/t13-,15+/m0/s1. The highest BCUT2D eigenvalue weighted by Crippen LogP contribution is 2.18. The molecule has 4 heteroatoms. The van der Waals surface area contributed by atoms with Crippen molar-refractivity contribution in [2.75, 3.05) is 33.7 Å². The maximum Gasteiger partial charge on any atom is 0.243 e. The lowest BCUT2D eigenvalue weighted by atomic mass is 9.97. The van der Waals surface area contributed by atoms with Gasteiger partial charge in [0.1, 0.15) is 6.04 Å². The lowest BCUT2D eigenvalue weighted by molar-refractivity contribution is -0.132. The molecule has 20 heavy (non-hydrogen) atoms. The number of hydrogen-bond donors (Lipinski definition) is 1. The summed E-state index contributed by atoms with van der Waals surface area (Å²) in [5.74, 6) is 0.565. The first kappa shape index (κ1) is 15.0. The zero-order valence-corrected chi connectivity index (χ0v) is 12.5. The summed E-state index contributed by atoms with van der Waals surface area (Å²) in [4.78, 5) is 16.5. The fourth-order valence-electron chi connectivity index (χ4n) is 2.94. The Labute approximate surface area is 121 Å². The molecule has 1 fully saturated rings. The minimum Gasteiger partial charge on any atom is -0.344 e. The molecule has 0 spiro atoms. The second kappa shape index (κ2) is 6.86. The van der Waals surface area contributed by atoms with Crippen LogP contribution in [0.25, 0.3) is 0 Å². The molecule has 0 unspecified atom stereocenters. The Morgan fingerprint density at radius 3 is 2.80 bits per heavy atom. The largest absolute Gasteiger partial charge is 0.344 e. The van der Waals surface area contributed by atoms with Gasteiger partial charge in [-0.05, 0) is 37.9 Å². The molecule has 1 amide bonds. The highest BCUT2D eigenvalue weighted by atomic mass is 16.2. The Balaban J connectivity index is 1.91. The number of likely N-dealkylation sites (N-methyl/N-ethyl adjacent to an activating group) is 1. The summed E-state index contributed by atoms with van der Waals surface area (Å²) < 4.78 is 0. The first-order valence-electron chi connectivity index (χ1n) is 7.32. The van der Waals surface area contributed by atoms with Gasteiger partial charge in [0, 0.05) is 20.1 Å². The molecule has 1 aromatic rings. The van der Waals surface area contributed by atoms with Gasteiger partial charge in [0.05, 0.1) is 0 Å². The van der Waals surface area contributed by atoms with Gasteiger partial charge in [-0.1, -0.05) is 30.3 Å². The van der Waals surface area contributed by atoms with Crippen LogP contribution >= 0.6 is 0 Å². The number of nitrogens with zero attached hydrogens (tertiary/aromatic N) is 2. The highest BCUT2D eigenvalue weighted by Gasteiger charge is 2.24. The molecule has 0 radical (unpaired) electrons. The fourth-order valence-corrected chi connectivity index (χ4v) is 2.94. The van der Waals surface area contributed by atoms with Crippen LogP contribution in [0.4, 0.5) is 0 Å². The molecule has 1 aliphatic rings. The predicted molar refractivity (Wildman–Crippen MR) is 81.2 cm³/mol. The van der Waals surface area contributed by atoms with E-state index in [1.165, 1.54) is 12.8 Å². The quantitative estimate of drug-likeness (QED) is 0.905. The molecule has 0 saturated carbocycles. The number of amides is 1. The maximum atomic E-state index is 12.4. The lowest BCUT2D eigenvalue weighted by Crippen LogP contribution is -2.42. The van der Waals surface area contributed by atoms with Crippen molar-refractivity contribution in [1.82, 2.24) is 9.80 Å². The van der Waals surface area contributed by atoms with Crippen molar-refractivity contribution >= 4 is 5.91 Å². The van der Waals surface area contributed by atoms with Gasteiger partial charge >= 0.3 is 0 Å². The van der Waals surface area contributed by atoms with Crippen LogP contribution in [-0.2, 0) is 4.79 Å². The Hall–Kier alpha value is -1.39. The van der Waals surface area contributed by atoms with E-state index >= 15 is 0 Å². The van der Waals surface area contributed by atoms with Crippen molar-refractivity contribution in [1.29, 1.82) is 0 Å². The van der Waals surface area contributed by atoms with Gasteiger partial charge in [0.2, 0.25) is 5.91 Å². The molecule has 0 bridgehead atoms. The molecule has 1 saturated heterocycles. The van der Waals surface area contributed by atoms with Crippen LogP contribution < -0.4 is 5.73 Å². The van der Waals surface area contributed by atoms with Crippen LogP contribution in [0, 0.1) is 5.92 Å². The number of hydrogen-bond acceptors (Lipinski definition) is 3. The third-order valence-corrected chi connectivity index (χ3v) is 4.06. The molecular weight excluding hydrogens is 250 g/mol. The predicted octanol–water partition coefficient (Wildman–Crippen LogP) is 1.49. The summed E-state index contributed by atoms with van der Waals surface area (Å²) in [6.45, 7) is 3.03. The van der Waals surface area contributed by atoms with E-state index in [1.807, 2.05) is 37.4 Å². The number of benzene rings is 1. The van der Waals surface area contributed by atoms with E-state index < -0.39 is 6.04 Å². The number of carbonyl (C=O) groups is 1. The van der Waals surface area contributed by atoms with Crippen LogP contribution in [-0.4, -0.2) is 49.4 Å². The van der Waals surface area contributed by atoms with Crippen LogP contribution in [0.3, 0.4) is 0 Å². The van der Waals surface area contributed by atoms with E-state index in [4.69, 9.17) is 5.73 Å². The van der Waals surface area contributed by atoms with Crippen LogP contribution in [0.5, 0.6) is 0 Å². The van der Waals surface area contributed by atoms with Crippen molar-refractivity contribution in [2.45, 2.75) is 18.9 Å². The van der Waals surface area contributed by atoms with Crippen LogP contribution in [0.1, 0.15) is 24.4 Å². The number of piperidine rings is 1. The van der Waals surface area contributed by atoms with Gasteiger partial charge in [-0.3, -0.25) is 4.79 Å². The van der Waals surface area contributed by atoms with E-state index in [2.05, 4.69) is 11.9 Å². The fraction of sp³-hybridized carbons (Fsp3) is 0.562. The first-order chi connectivity index (χ1) is 9.58. The maximum absolute atomic E-state index is 12.4. The summed E-state index contributed by atoms with van der Waals surface area (Å²) in [6.07, 6.45) is 2.41. The average Bonchev–Trinajstić information content (AvgIpc) is 2.46. The second-order valence-electron chi connectivity index (χ2n) is 5.88. The van der Waals surface area contributed by atoms with Crippen molar-refractivity contribution in [3.8, 4) is 0 Å². The average molecular weight is 275 g/mol. The Bertz CT molecular complexity index is 435.